The van der Waals surface area contributed by atoms with Gasteiger partial charge in [0.25, 0.3) is 0 Å². The normalized spacial score (nSPS) is 13.2. The molecule has 234 valence electrons. The van der Waals surface area contributed by atoms with Crippen LogP contribution in [0.15, 0.2) is 54.6 Å². The Balaban J connectivity index is 1.62. The van der Waals surface area contributed by atoms with Crippen molar-refractivity contribution in [3.63, 3.8) is 0 Å². The van der Waals surface area contributed by atoms with E-state index in [-0.39, 0.29) is 5.41 Å². The van der Waals surface area contributed by atoms with E-state index in [0.29, 0.717) is 39.6 Å². The third-order valence-corrected chi connectivity index (χ3v) is 8.69. The van der Waals surface area contributed by atoms with Crippen LogP contribution in [0.4, 0.5) is 5.69 Å². The van der Waals surface area contributed by atoms with Crippen LogP contribution in [-0.2, 0) is 19.6 Å². The number of aryl methyl sites for hydroxylation is 2. The van der Waals surface area contributed by atoms with Crippen LogP contribution in [0.25, 0.3) is 11.1 Å². The fraction of sp³-hybridized carbons (Fsp3) is 0.526. The van der Waals surface area contributed by atoms with E-state index in [1.165, 1.54) is 77.5 Å². The number of unbranched alkanes of at least 4 members (excludes halogenated alkanes) is 5. The lowest BCUT2D eigenvalue weighted by atomic mass is 9.68. The van der Waals surface area contributed by atoms with Gasteiger partial charge in [0.15, 0.2) is 0 Å². The Morgan fingerprint density at radius 1 is 0.651 bits per heavy atom. The van der Waals surface area contributed by atoms with E-state index < -0.39 is 0 Å². The monoisotopic (exact) mass is 587 g/mol. The SMILES string of the molecule is CCCCCCCCC1(c2ccc(OCCOCCOCCOC)c(N(C)C)c2)c2cc(C)ccc2-c2ccc(C)cc21. The van der Waals surface area contributed by atoms with Crippen molar-refractivity contribution in [2.45, 2.75) is 71.1 Å². The maximum absolute atomic E-state index is 6.28. The van der Waals surface area contributed by atoms with Gasteiger partial charge in [0.1, 0.15) is 12.4 Å². The molecule has 4 rings (SSSR count). The number of benzene rings is 3. The molecule has 3 aromatic carbocycles. The molecule has 43 heavy (non-hydrogen) atoms. The molecule has 0 saturated carbocycles. The average Bonchev–Trinajstić information content (AvgIpc) is 3.26. The molecule has 1 aliphatic rings. The number of rotatable bonds is 19. The van der Waals surface area contributed by atoms with E-state index in [1.807, 2.05) is 0 Å². The Labute approximate surface area is 260 Å². The minimum absolute atomic E-state index is 0.192. The minimum Gasteiger partial charge on any atom is -0.489 e. The first-order valence-electron chi connectivity index (χ1n) is 16.2. The van der Waals surface area contributed by atoms with Crippen molar-refractivity contribution in [2.24, 2.45) is 0 Å². The molecule has 0 heterocycles. The summed E-state index contributed by atoms with van der Waals surface area (Å²) in [6.45, 7) is 10.0. The topological polar surface area (TPSA) is 40.2 Å². The zero-order valence-corrected chi connectivity index (χ0v) is 27.5. The summed E-state index contributed by atoms with van der Waals surface area (Å²) in [6.07, 6.45) is 8.81. The second-order valence-electron chi connectivity index (χ2n) is 12.2. The van der Waals surface area contributed by atoms with Gasteiger partial charge in [-0.3, -0.25) is 0 Å². The molecule has 1 aliphatic carbocycles. The van der Waals surface area contributed by atoms with E-state index in [2.05, 4.69) is 94.4 Å². The molecule has 0 fully saturated rings. The third-order valence-electron chi connectivity index (χ3n) is 8.69. The Bertz CT molecular complexity index is 1250. The second kappa shape index (κ2) is 16.3. The van der Waals surface area contributed by atoms with Gasteiger partial charge in [0.05, 0.1) is 38.7 Å². The van der Waals surface area contributed by atoms with E-state index in [0.717, 1.165) is 17.9 Å². The molecule has 0 aliphatic heterocycles. The molecule has 0 radical (unpaired) electrons. The fourth-order valence-electron chi connectivity index (χ4n) is 6.46. The Kier molecular flexibility index (Phi) is 12.5. The smallest absolute Gasteiger partial charge is 0.142 e. The molecule has 0 spiro atoms. The number of hydrogen-bond acceptors (Lipinski definition) is 5. The zero-order chi connectivity index (χ0) is 30.7. The first-order valence-corrected chi connectivity index (χ1v) is 16.2. The van der Waals surface area contributed by atoms with Crippen LogP contribution in [0.5, 0.6) is 5.75 Å². The average molecular weight is 588 g/mol. The van der Waals surface area contributed by atoms with Crippen LogP contribution in [0, 0.1) is 13.8 Å². The molecule has 5 heteroatoms. The first-order chi connectivity index (χ1) is 20.9. The van der Waals surface area contributed by atoms with Crippen molar-refractivity contribution < 1.29 is 18.9 Å². The molecular weight excluding hydrogens is 534 g/mol. The van der Waals surface area contributed by atoms with Crippen molar-refractivity contribution in [3.8, 4) is 16.9 Å². The van der Waals surface area contributed by atoms with Gasteiger partial charge in [-0.15, -0.1) is 0 Å². The highest BCUT2D eigenvalue weighted by Gasteiger charge is 2.44. The van der Waals surface area contributed by atoms with Crippen LogP contribution in [0.3, 0.4) is 0 Å². The van der Waals surface area contributed by atoms with Gasteiger partial charge in [-0.05, 0) is 60.2 Å². The summed E-state index contributed by atoms with van der Waals surface area (Å²) in [5, 5.41) is 0. The molecule has 0 atom stereocenters. The highest BCUT2D eigenvalue weighted by Crippen LogP contribution is 2.56. The van der Waals surface area contributed by atoms with Gasteiger partial charge < -0.3 is 23.8 Å². The summed E-state index contributed by atoms with van der Waals surface area (Å²) >= 11 is 0. The largest absolute Gasteiger partial charge is 0.489 e. The number of ether oxygens (including phenoxy) is 4. The molecule has 0 bridgehead atoms. The standard InChI is InChI=1S/C38H53NO4/c1-7-8-9-10-11-12-19-38(34-26-29(2)13-16-32(34)33-17-14-30(3)27-35(33)38)31-15-18-37(36(28-31)39(4)5)43-25-24-42-23-22-41-21-20-40-6/h13-18,26-28H,7-12,19-25H2,1-6H3. The quantitative estimate of drug-likeness (QED) is 0.132. The molecule has 0 amide bonds. The number of fused-ring (bicyclic) bond motifs is 3. The summed E-state index contributed by atoms with van der Waals surface area (Å²) in [5.74, 6) is 0.885. The predicted octanol–water partition coefficient (Wildman–Crippen LogP) is 8.49. The van der Waals surface area contributed by atoms with Crippen molar-refractivity contribution in [1.82, 2.24) is 0 Å². The summed E-state index contributed by atoms with van der Waals surface area (Å²) in [4.78, 5) is 2.17. The molecule has 5 nitrogen and oxygen atoms in total. The zero-order valence-electron chi connectivity index (χ0n) is 27.5. The lowest BCUT2D eigenvalue weighted by Gasteiger charge is -2.35. The van der Waals surface area contributed by atoms with Gasteiger partial charge in [0, 0.05) is 26.6 Å². The maximum Gasteiger partial charge on any atom is 0.142 e. The summed E-state index contributed by atoms with van der Waals surface area (Å²) in [6, 6.07) is 21.0. The summed E-state index contributed by atoms with van der Waals surface area (Å²) in [5.41, 5.74) is 10.5. The van der Waals surface area contributed by atoms with E-state index in [4.69, 9.17) is 18.9 Å². The Hall–Kier alpha value is -2.86. The van der Waals surface area contributed by atoms with Gasteiger partial charge in [-0.25, -0.2) is 0 Å². The second-order valence-corrected chi connectivity index (χ2v) is 12.2. The molecule has 0 aromatic heterocycles. The Morgan fingerprint density at radius 3 is 1.84 bits per heavy atom. The van der Waals surface area contributed by atoms with Crippen molar-refractivity contribution in [1.29, 1.82) is 0 Å². The van der Waals surface area contributed by atoms with Crippen molar-refractivity contribution >= 4 is 5.69 Å². The van der Waals surface area contributed by atoms with Crippen LogP contribution in [0.2, 0.25) is 0 Å². The molecular formula is C38H53NO4. The highest BCUT2D eigenvalue weighted by molar-refractivity contribution is 5.84. The maximum atomic E-state index is 6.28. The van der Waals surface area contributed by atoms with Crippen molar-refractivity contribution in [2.75, 3.05) is 65.7 Å². The van der Waals surface area contributed by atoms with Crippen LogP contribution < -0.4 is 9.64 Å². The van der Waals surface area contributed by atoms with Gasteiger partial charge in [0.2, 0.25) is 0 Å². The summed E-state index contributed by atoms with van der Waals surface area (Å²) < 4.78 is 22.5. The predicted molar refractivity (Wildman–Crippen MR) is 179 cm³/mol. The molecule has 0 unspecified atom stereocenters. The number of nitrogens with zero attached hydrogens (tertiary/aromatic N) is 1. The molecule has 0 N–H and O–H groups in total. The summed E-state index contributed by atoms with van der Waals surface area (Å²) in [7, 11) is 5.88. The van der Waals surface area contributed by atoms with E-state index in [1.54, 1.807) is 7.11 Å². The first kappa shape index (κ1) is 33.0. The highest BCUT2D eigenvalue weighted by atomic mass is 16.6. The van der Waals surface area contributed by atoms with Gasteiger partial charge in [-0.1, -0.05) is 99.0 Å². The fourth-order valence-corrected chi connectivity index (χ4v) is 6.46. The van der Waals surface area contributed by atoms with Crippen LogP contribution in [-0.4, -0.2) is 60.8 Å². The lowest BCUT2D eigenvalue weighted by molar-refractivity contribution is 0.0180. The molecule has 0 saturated heterocycles. The Morgan fingerprint density at radius 2 is 1.23 bits per heavy atom. The lowest BCUT2D eigenvalue weighted by Crippen LogP contribution is -2.28. The van der Waals surface area contributed by atoms with Gasteiger partial charge >= 0.3 is 0 Å². The number of methoxy groups -OCH3 is 1. The third kappa shape index (κ3) is 8.00. The van der Waals surface area contributed by atoms with Crippen LogP contribution in [0.1, 0.15) is 79.7 Å². The molecule has 3 aromatic rings. The number of anilines is 1. The van der Waals surface area contributed by atoms with E-state index >= 15 is 0 Å². The van der Waals surface area contributed by atoms with Gasteiger partial charge in [-0.2, -0.15) is 0 Å². The number of hydrogen-bond donors (Lipinski definition) is 0. The van der Waals surface area contributed by atoms with Crippen molar-refractivity contribution in [3.05, 3.63) is 82.4 Å². The van der Waals surface area contributed by atoms with E-state index in [9.17, 15) is 0 Å². The minimum atomic E-state index is -0.192. The van der Waals surface area contributed by atoms with Crippen LogP contribution >= 0.6 is 0 Å².